The highest BCUT2D eigenvalue weighted by atomic mass is 16.5. The lowest BCUT2D eigenvalue weighted by Gasteiger charge is -2.39. The van der Waals surface area contributed by atoms with Gasteiger partial charge in [0.15, 0.2) is 0 Å². The van der Waals surface area contributed by atoms with Crippen LogP contribution in [-0.4, -0.2) is 28.9 Å². The number of H-pyrrole nitrogens is 1. The van der Waals surface area contributed by atoms with Crippen LogP contribution in [0.1, 0.15) is 45.6 Å². The van der Waals surface area contributed by atoms with Crippen molar-refractivity contribution in [2.45, 2.75) is 38.9 Å². The van der Waals surface area contributed by atoms with Gasteiger partial charge in [0.05, 0.1) is 12.2 Å². The van der Waals surface area contributed by atoms with Crippen LogP contribution >= 0.6 is 0 Å². The van der Waals surface area contributed by atoms with E-state index in [1.54, 1.807) is 0 Å². The number of fused-ring (bicyclic) bond motifs is 3. The van der Waals surface area contributed by atoms with E-state index >= 15 is 0 Å². The average molecular weight is 360 g/mol. The average Bonchev–Trinajstić information content (AvgIpc) is 3.28. The lowest BCUT2D eigenvalue weighted by atomic mass is 9.84. The van der Waals surface area contributed by atoms with Crippen molar-refractivity contribution in [3.63, 3.8) is 0 Å². The Balaban J connectivity index is 1.37. The van der Waals surface area contributed by atoms with Crippen LogP contribution < -0.4 is 0 Å². The molecule has 4 heteroatoms. The molecular formula is C23H24N2O2. The second-order valence-corrected chi connectivity index (χ2v) is 7.89. The lowest BCUT2D eigenvalue weighted by Crippen LogP contribution is -2.45. The SMILES string of the molecule is Cc1ccc2cc(C(=O)N3CCC4(CC3)OCc3ccccc34)[nH]c2c1C. The number of benzene rings is 2. The molecule has 1 amide bonds. The second-order valence-electron chi connectivity index (χ2n) is 7.89. The van der Waals surface area contributed by atoms with Crippen LogP contribution in [-0.2, 0) is 16.9 Å². The number of amides is 1. The third kappa shape index (κ3) is 2.51. The fourth-order valence-electron chi connectivity index (χ4n) is 4.60. The highest BCUT2D eigenvalue weighted by Crippen LogP contribution is 2.44. The number of hydrogen-bond donors (Lipinski definition) is 1. The molecule has 27 heavy (non-hydrogen) atoms. The van der Waals surface area contributed by atoms with Crippen LogP contribution in [0.25, 0.3) is 10.9 Å². The molecule has 5 rings (SSSR count). The van der Waals surface area contributed by atoms with Crippen molar-refractivity contribution >= 4 is 16.8 Å². The number of aromatic nitrogens is 1. The molecule has 2 aliphatic heterocycles. The first-order valence-corrected chi connectivity index (χ1v) is 9.68. The van der Waals surface area contributed by atoms with Crippen LogP contribution in [0.2, 0.25) is 0 Å². The number of nitrogens with one attached hydrogen (secondary N) is 1. The molecule has 0 saturated carbocycles. The number of aryl methyl sites for hydroxylation is 2. The number of piperidine rings is 1. The van der Waals surface area contributed by atoms with E-state index in [0.29, 0.717) is 12.3 Å². The zero-order valence-electron chi connectivity index (χ0n) is 15.8. The first kappa shape index (κ1) is 16.6. The fraction of sp³-hybridized carbons (Fsp3) is 0.348. The summed E-state index contributed by atoms with van der Waals surface area (Å²) in [7, 11) is 0. The Morgan fingerprint density at radius 3 is 2.70 bits per heavy atom. The molecule has 1 aromatic heterocycles. The molecule has 3 aromatic rings. The summed E-state index contributed by atoms with van der Waals surface area (Å²) in [5.74, 6) is 0.0874. The van der Waals surface area contributed by atoms with Crippen molar-refractivity contribution in [2.24, 2.45) is 0 Å². The summed E-state index contributed by atoms with van der Waals surface area (Å²) in [5.41, 5.74) is 6.59. The maximum absolute atomic E-state index is 13.1. The third-order valence-corrected chi connectivity index (χ3v) is 6.43. The Bertz CT molecular complexity index is 1040. The Morgan fingerprint density at radius 1 is 1.11 bits per heavy atom. The van der Waals surface area contributed by atoms with E-state index in [-0.39, 0.29) is 11.5 Å². The summed E-state index contributed by atoms with van der Waals surface area (Å²) in [6.45, 7) is 6.33. The van der Waals surface area contributed by atoms with Gasteiger partial charge in [-0.25, -0.2) is 0 Å². The van der Waals surface area contributed by atoms with Gasteiger partial charge in [-0.15, -0.1) is 0 Å². The Morgan fingerprint density at radius 2 is 1.89 bits per heavy atom. The standard InChI is InChI=1S/C23H24N2O2/c1-15-7-8-17-13-20(24-21(17)16(15)2)22(26)25-11-9-23(10-12-25)19-6-4-3-5-18(19)14-27-23/h3-8,13,24H,9-12,14H2,1-2H3. The van der Waals surface area contributed by atoms with E-state index in [1.807, 2.05) is 11.0 Å². The van der Waals surface area contributed by atoms with E-state index in [2.05, 4.69) is 55.2 Å². The molecule has 3 heterocycles. The number of aromatic amines is 1. The van der Waals surface area contributed by atoms with Gasteiger partial charge < -0.3 is 14.6 Å². The van der Waals surface area contributed by atoms with Gasteiger partial charge in [-0.05, 0) is 55.0 Å². The number of carbonyl (C=O) groups excluding carboxylic acids is 1. The predicted octanol–water partition coefficient (Wildman–Crippen LogP) is 4.45. The number of carbonyl (C=O) groups is 1. The molecule has 4 nitrogen and oxygen atoms in total. The summed E-state index contributed by atoms with van der Waals surface area (Å²) in [5, 5.41) is 1.10. The first-order chi connectivity index (χ1) is 13.1. The third-order valence-electron chi connectivity index (χ3n) is 6.43. The minimum atomic E-state index is -0.207. The number of likely N-dealkylation sites (tertiary alicyclic amines) is 1. The molecule has 1 fully saturated rings. The summed E-state index contributed by atoms with van der Waals surface area (Å²) in [6, 6.07) is 14.7. The molecule has 2 aliphatic rings. The molecule has 0 unspecified atom stereocenters. The number of nitrogens with zero attached hydrogens (tertiary/aromatic N) is 1. The topological polar surface area (TPSA) is 45.3 Å². The largest absolute Gasteiger partial charge is 0.365 e. The summed E-state index contributed by atoms with van der Waals surface area (Å²) >= 11 is 0. The first-order valence-electron chi connectivity index (χ1n) is 9.68. The maximum Gasteiger partial charge on any atom is 0.270 e. The van der Waals surface area contributed by atoms with Gasteiger partial charge in [0, 0.05) is 24.0 Å². The molecule has 0 bridgehead atoms. The molecule has 1 spiro atoms. The molecule has 0 atom stereocenters. The number of ether oxygens (including phenoxy) is 1. The van der Waals surface area contributed by atoms with E-state index < -0.39 is 0 Å². The Labute approximate surface area is 159 Å². The van der Waals surface area contributed by atoms with Gasteiger partial charge in [-0.2, -0.15) is 0 Å². The maximum atomic E-state index is 13.1. The van der Waals surface area contributed by atoms with Crippen molar-refractivity contribution in [3.8, 4) is 0 Å². The second kappa shape index (κ2) is 5.96. The fourth-order valence-corrected chi connectivity index (χ4v) is 4.60. The monoisotopic (exact) mass is 360 g/mol. The zero-order chi connectivity index (χ0) is 18.6. The minimum absolute atomic E-state index is 0.0874. The highest BCUT2D eigenvalue weighted by Gasteiger charge is 2.43. The van der Waals surface area contributed by atoms with Gasteiger partial charge in [-0.1, -0.05) is 36.4 Å². The summed E-state index contributed by atoms with van der Waals surface area (Å²) in [6.07, 6.45) is 1.71. The smallest absolute Gasteiger partial charge is 0.270 e. The van der Waals surface area contributed by atoms with Gasteiger partial charge in [0.1, 0.15) is 5.69 Å². The van der Waals surface area contributed by atoms with Gasteiger partial charge in [-0.3, -0.25) is 4.79 Å². The van der Waals surface area contributed by atoms with Crippen LogP contribution in [0.3, 0.4) is 0 Å². The van der Waals surface area contributed by atoms with Gasteiger partial charge >= 0.3 is 0 Å². The highest BCUT2D eigenvalue weighted by molar-refractivity contribution is 5.99. The minimum Gasteiger partial charge on any atom is -0.365 e. The molecule has 138 valence electrons. The van der Waals surface area contributed by atoms with E-state index in [4.69, 9.17) is 4.74 Å². The Kier molecular flexibility index (Phi) is 3.66. The van der Waals surface area contributed by atoms with E-state index in [1.165, 1.54) is 22.3 Å². The summed E-state index contributed by atoms with van der Waals surface area (Å²) < 4.78 is 6.22. The van der Waals surface area contributed by atoms with E-state index in [0.717, 1.165) is 36.8 Å². The van der Waals surface area contributed by atoms with Crippen molar-refractivity contribution in [1.82, 2.24) is 9.88 Å². The molecule has 1 N–H and O–H groups in total. The van der Waals surface area contributed by atoms with Crippen molar-refractivity contribution < 1.29 is 9.53 Å². The van der Waals surface area contributed by atoms with Crippen molar-refractivity contribution in [3.05, 3.63) is 70.4 Å². The molecule has 0 aliphatic carbocycles. The molecule has 1 saturated heterocycles. The van der Waals surface area contributed by atoms with Gasteiger partial charge in [0.2, 0.25) is 0 Å². The number of hydrogen-bond acceptors (Lipinski definition) is 2. The molecule has 0 radical (unpaired) electrons. The van der Waals surface area contributed by atoms with Crippen molar-refractivity contribution in [2.75, 3.05) is 13.1 Å². The molecule has 2 aromatic carbocycles. The normalized spacial score (nSPS) is 18.2. The Hall–Kier alpha value is -2.59. The van der Waals surface area contributed by atoms with Crippen LogP contribution in [0.5, 0.6) is 0 Å². The lowest BCUT2D eigenvalue weighted by molar-refractivity contribution is -0.0742. The van der Waals surface area contributed by atoms with Gasteiger partial charge in [0.25, 0.3) is 5.91 Å². The van der Waals surface area contributed by atoms with Crippen LogP contribution in [0.4, 0.5) is 0 Å². The van der Waals surface area contributed by atoms with Crippen LogP contribution in [0, 0.1) is 13.8 Å². The van der Waals surface area contributed by atoms with Crippen LogP contribution in [0.15, 0.2) is 42.5 Å². The van der Waals surface area contributed by atoms with E-state index in [9.17, 15) is 4.79 Å². The number of rotatable bonds is 1. The van der Waals surface area contributed by atoms with Crippen molar-refractivity contribution in [1.29, 1.82) is 0 Å². The summed E-state index contributed by atoms with van der Waals surface area (Å²) in [4.78, 5) is 18.4. The molecular weight excluding hydrogens is 336 g/mol. The zero-order valence-corrected chi connectivity index (χ0v) is 15.8. The quantitative estimate of drug-likeness (QED) is 0.697. The predicted molar refractivity (Wildman–Crippen MR) is 106 cm³/mol.